The summed E-state index contributed by atoms with van der Waals surface area (Å²) in [6, 6.07) is 4.73. The summed E-state index contributed by atoms with van der Waals surface area (Å²) in [5, 5.41) is 17.5. The third kappa shape index (κ3) is 2.10. The van der Waals surface area contributed by atoms with Gasteiger partial charge in [-0.25, -0.2) is 12.8 Å². The van der Waals surface area contributed by atoms with Gasteiger partial charge in [0.15, 0.2) is 0 Å². The van der Waals surface area contributed by atoms with Crippen molar-refractivity contribution < 1.29 is 17.9 Å². The summed E-state index contributed by atoms with van der Waals surface area (Å²) in [7, 11) is -3.69. The van der Waals surface area contributed by atoms with Gasteiger partial charge in [-0.2, -0.15) is 9.57 Å². The van der Waals surface area contributed by atoms with Crippen molar-refractivity contribution in [2.75, 3.05) is 19.7 Å². The molecule has 1 aromatic rings. The lowest BCUT2D eigenvalue weighted by atomic mass is 10.1. The molecule has 2 rings (SSSR count). The Bertz CT molecular complexity index is 603. The van der Waals surface area contributed by atoms with Gasteiger partial charge in [-0.1, -0.05) is 0 Å². The van der Waals surface area contributed by atoms with Crippen LogP contribution < -0.4 is 0 Å². The molecule has 0 bridgehead atoms. The van der Waals surface area contributed by atoms with Crippen LogP contribution in [0.5, 0.6) is 0 Å². The number of rotatable bonds is 3. The summed E-state index contributed by atoms with van der Waals surface area (Å²) in [5.41, 5.74) is -0.296. The van der Waals surface area contributed by atoms with Crippen molar-refractivity contribution in [2.24, 2.45) is 5.92 Å². The number of nitriles is 1. The van der Waals surface area contributed by atoms with Gasteiger partial charge in [0.05, 0.1) is 10.5 Å². The van der Waals surface area contributed by atoms with Gasteiger partial charge in [-0.15, -0.1) is 0 Å². The van der Waals surface area contributed by atoms with Crippen LogP contribution in [-0.4, -0.2) is 37.5 Å². The van der Waals surface area contributed by atoms with E-state index in [1.807, 2.05) is 0 Å². The third-order valence-corrected chi connectivity index (χ3v) is 4.71. The lowest BCUT2D eigenvalue weighted by molar-refractivity contribution is 0.117. The highest BCUT2D eigenvalue weighted by atomic mass is 32.2. The Morgan fingerprint density at radius 3 is 2.72 bits per heavy atom. The second-order valence-electron chi connectivity index (χ2n) is 4.12. The van der Waals surface area contributed by atoms with E-state index in [1.54, 1.807) is 6.07 Å². The van der Waals surface area contributed by atoms with Crippen LogP contribution >= 0.6 is 0 Å². The molecule has 0 aliphatic carbocycles. The van der Waals surface area contributed by atoms with Crippen LogP contribution in [-0.2, 0) is 10.0 Å². The second-order valence-corrected chi connectivity index (χ2v) is 6.06. The summed E-state index contributed by atoms with van der Waals surface area (Å²) in [4.78, 5) is -0.100. The normalized spacial score (nSPS) is 17.2. The van der Waals surface area contributed by atoms with Crippen LogP contribution in [0.4, 0.5) is 4.39 Å². The van der Waals surface area contributed by atoms with Gasteiger partial charge in [0.1, 0.15) is 11.9 Å². The SMILES string of the molecule is N#Cc1cc(S(=O)(=O)N2CC(CO)C2)ccc1F. The van der Waals surface area contributed by atoms with Crippen molar-refractivity contribution >= 4 is 10.0 Å². The molecule has 1 aromatic carbocycles. The predicted octanol–water partition coefficient (Wildman–Crippen LogP) is 0.310. The molecule has 0 atom stereocenters. The fraction of sp³-hybridized carbons (Fsp3) is 0.364. The van der Waals surface area contributed by atoms with Crippen molar-refractivity contribution in [2.45, 2.75) is 4.90 Å². The van der Waals surface area contributed by atoms with E-state index in [1.165, 1.54) is 4.31 Å². The molecule has 1 fully saturated rings. The fourth-order valence-corrected chi connectivity index (χ4v) is 3.35. The van der Waals surface area contributed by atoms with Crippen LogP contribution in [0.2, 0.25) is 0 Å². The van der Waals surface area contributed by atoms with Crippen LogP contribution in [0.15, 0.2) is 23.1 Å². The lowest BCUT2D eigenvalue weighted by Crippen LogP contribution is -2.51. The highest BCUT2D eigenvalue weighted by molar-refractivity contribution is 7.89. The Labute approximate surface area is 104 Å². The summed E-state index contributed by atoms with van der Waals surface area (Å²) in [6.45, 7) is 0.440. The zero-order valence-corrected chi connectivity index (χ0v) is 10.2. The molecule has 1 aliphatic heterocycles. The third-order valence-electron chi connectivity index (χ3n) is 2.88. The molecule has 5 nitrogen and oxygen atoms in total. The van der Waals surface area contributed by atoms with Crippen molar-refractivity contribution in [1.29, 1.82) is 5.26 Å². The van der Waals surface area contributed by atoms with Crippen LogP contribution in [0.1, 0.15) is 5.56 Å². The van der Waals surface area contributed by atoms with E-state index in [9.17, 15) is 12.8 Å². The maximum absolute atomic E-state index is 13.1. The average Bonchev–Trinajstić information content (AvgIpc) is 2.27. The number of hydrogen-bond acceptors (Lipinski definition) is 4. The Morgan fingerprint density at radius 2 is 2.17 bits per heavy atom. The maximum atomic E-state index is 13.1. The quantitative estimate of drug-likeness (QED) is 0.857. The van der Waals surface area contributed by atoms with Gasteiger partial charge in [0.2, 0.25) is 10.0 Å². The maximum Gasteiger partial charge on any atom is 0.243 e. The molecule has 1 N–H and O–H groups in total. The van der Waals surface area contributed by atoms with Crippen LogP contribution in [0.3, 0.4) is 0 Å². The summed E-state index contributed by atoms with van der Waals surface area (Å²) in [5.74, 6) is -0.788. The minimum absolute atomic E-state index is 0.0457. The monoisotopic (exact) mass is 270 g/mol. The van der Waals surface area contributed by atoms with E-state index in [-0.39, 0.29) is 36.1 Å². The first-order valence-corrected chi connectivity index (χ1v) is 6.73. The number of benzene rings is 1. The zero-order valence-electron chi connectivity index (χ0n) is 9.38. The smallest absolute Gasteiger partial charge is 0.243 e. The van der Waals surface area contributed by atoms with E-state index in [2.05, 4.69) is 0 Å². The van der Waals surface area contributed by atoms with Gasteiger partial charge in [-0.05, 0) is 18.2 Å². The fourth-order valence-electron chi connectivity index (χ4n) is 1.73. The highest BCUT2D eigenvalue weighted by Gasteiger charge is 2.36. The molecule has 0 amide bonds. The number of aliphatic hydroxyl groups excluding tert-OH is 1. The molecule has 18 heavy (non-hydrogen) atoms. The first kappa shape index (κ1) is 13.0. The Balaban J connectivity index is 2.29. The number of nitrogens with zero attached hydrogens (tertiary/aromatic N) is 2. The molecule has 0 aromatic heterocycles. The van der Waals surface area contributed by atoms with E-state index < -0.39 is 15.8 Å². The minimum atomic E-state index is -3.69. The Morgan fingerprint density at radius 1 is 1.50 bits per heavy atom. The topological polar surface area (TPSA) is 81.4 Å². The average molecular weight is 270 g/mol. The lowest BCUT2D eigenvalue weighted by Gasteiger charge is -2.36. The highest BCUT2D eigenvalue weighted by Crippen LogP contribution is 2.25. The van der Waals surface area contributed by atoms with Gasteiger partial charge in [0, 0.05) is 25.6 Å². The molecule has 1 heterocycles. The van der Waals surface area contributed by atoms with Crippen LogP contribution in [0.25, 0.3) is 0 Å². The number of aliphatic hydroxyl groups is 1. The molecule has 1 aliphatic rings. The summed E-state index contributed by atoms with van der Waals surface area (Å²) < 4.78 is 38.4. The van der Waals surface area contributed by atoms with Crippen molar-refractivity contribution in [3.63, 3.8) is 0 Å². The summed E-state index contributed by atoms with van der Waals surface area (Å²) >= 11 is 0. The minimum Gasteiger partial charge on any atom is -0.396 e. The summed E-state index contributed by atoms with van der Waals surface area (Å²) in [6.07, 6.45) is 0. The van der Waals surface area contributed by atoms with Crippen molar-refractivity contribution in [3.8, 4) is 6.07 Å². The first-order chi connectivity index (χ1) is 8.48. The van der Waals surface area contributed by atoms with E-state index in [0.717, 1.165) is 18.2 Å². The van der Waals surface area contributed by atoms with Gasteiger partial charge < -0.3 is 5.11 Å². The van der Waals surface area contributed by atoms with Crippen molar-refractivity contribution in [1.82, 2.24) is 4.31 Å². The molecule has 0 spiro atoms. The predicted molar refractivity (Wildman–Crippen MR) is 60.4 cm³/mol. The van der Waals surface area contributed by atoms with Gasteiger partial charge in [0.25, 0.3) is 0 Å². The molecule has 1 saturated heterocycles. The number of sulfonamides is 1. The molecule has 0 unspecified atom stereocenters. The van der Waals surface area contributed by atoms with E-state index in [0.29, 0.717) is 0 Å². The molecule has 0 saturated carbocycles. The number of halogens is 1. The Hall–Kier alpha value is -1.49. The first-order valence-electron chi connectivity index (χ1n) is 5.29. The zero-order chi connectivity index (χ0) is 13.3. The van der Waals surface area contributed by atoms with Crippen molar-refractivity contribution in [3.05, 3.63) is 29.6 Å². The van der Waals surface area contributed by atoms with Crippen LogP contribution in [0, 0.1) is 23.1 Å². The van der Waals surface area contributed by atoms with Gasteiger partial charge in [-0.3, -0.25) is 0 Å². The largest absolute Gasteiger partial charge is 0.396 e. The molecule has 7 heteroatoms. The molecular weight excluding hydrogens is 259 g/mol. The Kier molecular flexibility index (Phi) is 3.34. The molecular formula is C11H11FN2O3S. The molecule has 0 radical (unpaired) electrons. The van der Waals surface area contributed by atoms with E-state index in [4.69, 9.17) is 10.4 Å². The second kappa shape index (κ2) is 4.65. The van der Waals surface area contributed by atoms with Gasteiger partial charge >= 0.3 is 0 Å². The molecule has 96 valence electrons. The van der Waals surface area contributed by atoms with E-state index >= 15 is 0 Å². The number of hydrogen-bond donors (Lipinski definition) is 1. The standard InChI is InChI=1S/C11H11FN2O3S/c12-11-2-1-10(3-9(11)4-13)18(16,17)14-5-8(6-14)7-15/h1-3,8,15H,5-7H2.